The van der Waals surface area contributed by atoms with Gasteiger partial charge in [0.2, 0.25) is 0 Å². The van der Waals surface area contributed by atoms with Crippen molar-refractivity contribution >= 4 is 23.1 Å². The van der Waals surface area contributed by atoms with Gasteiger partial charge in [-0.3, -0.25) is 9.89 Å². The van der Waals surface area contributed by atoms with Gasteiger partial charge >= 0.3 is 0 Å². The summed E-state index contributed by atoms with van der Waals surface area (Å²) in [7, 11) is 0. The van der Waals surface area contributed by atoms with Gasteiger partial charge in [-0.15, -0.1) is 0 Å². The van der Waals surface area contributed by atoms with Crippen LogP contribution in [0.1, 0.15) is 5.56 Å². The molecule has 0 spiro atoms. The van der Waals surface area contributed by atoms with Gasteiger partial charge in [0, 0.05) is 30.0 Å². The Kier molecular flexibility index (Phi) is 5.07. The highest BCUT2D eigenvalue weighted by atomic mass is 35.5. The normalized spacial score (nSPS) is 22.3. The molecule has 3 heterocycles. The number of allylic oxidation sites excluding steroid dienone is 1. The first-order valence-electron chi connectivity index (χ1n) is 9.03. The molecule has 4 rings (SSSR count). The van der Waals surface area contributed by atoms with E-state index in [-0.39, 0.29) is 6.17 Å². The van der Waals surface area contributed by atoms with E-state index in [1.165, 1.54) is 5.70 Å². The molecule has 3 aliphatic heterocycles. The van der Waals surface area contributed by atoms with E-state index < -0.39 is 0 Å². The Labute approximate surface area is 164 Å². The molecule has 0 fully saturated rings. The van der Waals surface area contributed by atoms with Gasteiger partial charge in [-0.2, -0.15) is 0 Å². The molecule has 0 saturated heterocycles. The number of benzene rings is 1. The highest BCUT2D eigenvalue weighted by Gasteiger charge is 2.32. The van der Waals surface area contributed by atoms with Gasteiger partial charge in [0.25, 0.3) is 0 Å². The lowest BCUT2D eigenvalue weighted by Gasteiger charge is -2.31. The Balaban J connectivity index is 1.64. The molecule has 0 radical (unpaired) electrons. The summed E-state index contributed by atoms with van der Waals surface area (Å²) in [4.78, 5) is 9.08. The molecule has 1 aromatic rings. The lowest BCUT2D eigenvalue weighted by molar-refractivity contribution is 0.291. The number of amidine groups is 1. The molecule has 0 aliphatic carbocycles. The fraction of sp³-hybridized carbons (Fsp3) is 0.316. The zero-order chi connectivity index (χ0) is 18.8. The molecule has 142 valence electrons. The van der Waals surface area contributed by atoms with E-state index in [1.54, 1.807) is 0 Å². The van der Waals surface area contributed by atoms with Gasteiger partial charge < -0.3 is 27.0 Å². The second-order valence-corrected chi connectivity index (χ2v) is 7.17. The van der Waals surface area contributed by atoms with Crippen molar-refractivity contribution in [2.45, 2.75) is 6.17 Å². The number of halogens is 1. The van der Waals surface area contributed by atoms with Gasteiger partial charge in [0.05, 0.1) is 31.2 Å². The number of nitrogens with one attached hydrogen (secondary N) is 2. The average molecular weight is 386 g/mol. The van der Waals surface area contributed by atoms with Crippen molar-refractivity contribution in [2.75, 3.05) is 32.8 Å². The predicted octanol–water partition coefficient (Wildman–Crippen LogP) is 0.830. The molecule has 8 heteroatoms. The van der Waals surface area contributed by atoms with Crippen molar-refractivity contribution in [1.82, 2.24) is 20.4 Å². The summed E-state index contributed by atoms with van der Waals surface area (Å²) in [6.45, 7) is 3.60. The molecule has 7 nitrogen and oxygen atoms in total. The molecule has 0 bridgehead atoms. The lowest BCUT2D eigenvalue weighted by atomic mass is 10.1. The number of hydrogen-bond donors (Lipinski definition) is 4. The minimum absolute atomic E-state index is 0.0677. The minimum atomic E-state index is 0.0677. The Morgan fingerprint density at radius 3 is 2.89 bits per heavy atom. The van der Waals surface area contributed by atoms with Crippen LogP contribution in [0.5, 0.6) is 0 Å². The quantitative estimate of drug-likeness (QED) is 0.573. The topological polar surface area (TPSA) is 94.9 Å². The van der Waals surface area contributed by atoms with Crippen LogP contribution in [0.25, 0.3) is 5.70 Å². The van der Waals surface area contributed by atoms with E-state index in [0.29, 0.717) is 6.67 Å². The zero-order valence-corrected chi connectivity index (χ0v) is 15.8. The number of aliphatic imine (C=N–C) groups is 1. The van der Waals surface area contributed by atoms with Crippen molar-refractivity contribution in [1.29, 1.82) is 0 Å². The fourth-order valence-electron chi connectivity index (χ4n) is 3.57. The summed E-state index contributed by atoms with van der Waals surface area (Å²) < 4.78 is 0. The van der Waals surface area contributed by atoms with Crippen LogP contribution < -0.4 is 22.1 Å². The maximum Gasteiger partial charge on any atom is 0.123 e. The molecular formula is C19H24ClN7. The molecule has 1 atom stereocenters. The van der Waals surface area contributed by atoms with E-state index >= 15 is 0 Å². The van der Waals surface area contributed by atoms with E-state index in [0.717, 1.165) is 54.0 Å². The van der Waals surface area contributed by atoms with Crippen molar-refractivity contribution < 1.29 is 0 Å². The van der Waals surface area contributed by atoms with Crippen LogP contribution in [0.3, 0.4) is 0 Å². The monoisotopic (exact) mass is 385 g/mol. The van der Waals surface area contributed by atoms with Crippen LogP contribution in [0.4, 0.5) is 0 Å². The van der Waals surface area contributed by atoms with Gasteiger partial charge in [-0.25, -0.2) is 0 Å². The van der Waals surface area contributed by atoms with Crippen molar-refractivity contribution in [2.24, 2.45) is 16.5 Å². The van der Waals surface area contributed by atoms with E-state index in [2.05, 4.69) is 31.5 Å². The molecule has 0 aromatic heterocycles. The molecular weight excluding hydrogens is 362 g/mol. The number of fused-ring (bicyclic) bond motifs is 1. The number of hydrogen-bond acceptors (Lipinski definition) is 7. The van der Waals surface area contributed by atoms with Gasteiger partial charge in [-0.1, -0.05) is 23.7 Å². The van der Waals surface area contributed by atoms with E-state index in [9.17, 15) is 0 Å². The SMILES string of the molecule is NCNC1=NCCN(CC2=C(c3ccc(Cl)cc3)NC3C=CC(N)=CN23)C1. The number of nitrogens with two attached hydrogens (primary N) is 2. The van der Waals surface area contributed by atoms with Gasteiger partial charge in [-0.05, 0) is 29.8 Å². The van der Waals surface area contributed by atoms with Gasteiger partial charge in [0.15, 0.2) is 0 Å². The third-order valence-electron chi connectivity index (χ3n) is 4.86. The van der Waals surface area contributed by atoms with Crippen LogP contribution in [0, 0.1) is 0 Å². The standard InChI is InChI=1S/C19H24ClN7/c20-14-3-1-13(2-4-14)19-16(27-9-15(22)5-6-18(27)25-19)10-26-8-7-23-17(11-26)24-12-21/h1-6,9,18,25H,7-8,10-12,21-22H2,(H,23,24). The van der Waals surface area contributed by atoms with Crippen molar-refractivity contribution in [3.8, 4) is 0 Å². The van der Waals surface area contributed by atoms with E-state index in [4.69, 9.17) is 23.1 Å². The summed E-state index contributed by atoms with van der Waals surface area (Å²) in [6.07, 6.45) is 6.08. The Hall–Kier alpha value is -2.48. The maximum atomic E-state index is 6.07. The minimum Gasteiger partial charge on any atom is -0.398 e. The van der Waals surface area contributed by atoms with Crippen LogP contribution >= 0.6 is 11.6 Å². The first kappa shape index (κ1) is 17.9. The zero-order valence-electron chi connectivity index (χ0n) is 15.0. The molecule has 1 unspecified atom stereocenters. The summed E-state index contributed by atoms with van der Waals surface area (Å²) in [5.41, 5.74) is 15.8. The largest absolute Gasteiger partial charge is 0.398 e. The Bertz CT molecular complexity index is 825. The Morgan fingerprint density at radius 1 is 1.30 bits per heavy atom. The van der Waals surface area contributed by atoms with E-state index in [1.807, 2.05) is 36.5 Å². The van der Waals surface area contributed by atoms with Crippen molar-refractivity contribution in [3.05, 3.63) is 64.6 Å². The molecule has 3 aliphatic rings. The van der Waals surface area contributed by atoms with Crippen LogP contribution in [0.15, 0.2) is 59.0 Å². The number of nitrogens with zero attached hydrogens (tertiary/aromatic N) is 3. The predicted molar refractivity (Wildman–Crippen MR) is 109 cm³/mol. The summed E-state index contributed by atoms with van der Waals surface area (Å²) in [5.74, 6) is 0.938. The molecule has 0 saturated carbocycles. The first-order valence-corrected chi connectivity index (χ1v) is 9.41. The third kappa shape index (κ3) is 3.80. The van der Waals surface area contributed by atoms with Crippen LogP contribution in [-0.2, 0) is 0 Å². The summed E-state index contributed by atoms with van der Waals surface area (Å²) in [6, 6.07) is 7.91. The lowest BCUT2D eigenvalue weighted by Crippen LogP contribution is -2.46. The molecule has 6 N–H and O–H groups in total. The maximum absolute atomic E-state index is 6.07. The number of rotatable bonds is 4. The second kappa shape index (κ2) is 7.64. The van der Waals surface area contributed by atoms with Gasteiger partial charge in [0.1, 0.15) is 12.0 Å². The summed E-state index contributed by atoms with van der Waals surface area (Å²) >= 11 is 6.07. The van der Waals surface area contributed by atoms with Crippen LogP contribution in [-0.4, -0.2) is 54.6 Å². The molecule has 27 heavy (non-hydrogen) atoms. The summed E-state index contributed by atoms with van der Waals surface area (Å²) in [5, 5.41) is 7.47. The first-order chi connectivity index (χ1) is 13.1. The molecule has 1 aromatic carbocycles. The second-order valence-electron chi connectivity index (χ2n) is 6.73. The fourth-order valence-corrected chi connectivity index (χ4v) is 3.70. The Morgan fingerprint density at radius 2 is 2.11 bits per heavy atom. The average Bonchev–Trinajstić information content (AvgIpc) is 3.01. The highest BCUT2D eigenvalue weighted by molar-refractivity contribution is 6.30. The smallest absolute Gasteiger partial charge is 0.123 e. The highest BCUT2D eigenvalue weighted by Crippen LogP contribution is 2.31. The van der Waals surface area contributed by atoms with Crippen LogP contribution in [0.2, 0.25) is 5.02 Å². The molecule has 0 amide bonds. The third-order valence-corrected chi connectivity index (χ3v) is 5.11. The van der Waals surface area contributed by atoms with Crippen molar-refractivity contribution in [3.63, 3.8) is 0 Å².